The van der Waals surface area contributed by atoms with E-state index < -0.39 is 35.0 Å². The van der Waals surface area contributed by atoms with E-state index in [-0.39, 0.29) is 17.5 Å². The van der Waals surface area contributed by atoms with E-state index >= 15 is 0 Å². The van der Waals surface area contributed by atoms with Gasteiger partial charge in [-0.1, -0.05) is 30.3 Å². The summed E-state index contributed by atoms with van der Waals surface area (Å²) in [6.45, 7) is 0. The molecule has 0 bridgehead atoms. The molecule has 0 fully saturated rings. The Kier molecular flexibility index (Phi) is 4.49. The number of aryl methyl sites for hydroxylation is 1. The number of carbonyl (C=O) groups is 2. The van der Waals surface area contributed by atoms with Crippen molar-refractivity contribution in [3.8, 4) is 17.0 Å². The number of aliphatic carboxylic acids is 1. The lowest BCUT2D eigenvalue weighted by Crippen LogP contribution is -2.26. The van der Waals surface area contributed by atoms with Crippen LogP contribution in [0.15, 0.2) is 41.2 Å². The van der Waals surface area contributed by atoms with Gasteiger partial charge >= 0.3 is 5.97 Å². The smallest absolute Gasteiger partial charge is 0.303 e. The van der Waals surface area contributed by atoms with Crippen molar-refractivity contribution in [3.63, 3.8) is 0 Å². The number of aromatic nitrogens is 3. The predicted molar refractivity (Wildman–Crippen MR) is 93.1 cm³/mol. The summed E-state index contributed by atoms with van der Waals surface area (Å²) in [6.07, 6.45) is -0.809. The monoisotopic (exact) mass is 353 g/mol. The number of carboxylic acids is 1. The Bertz CT molecular complexity index is 1070. The van der Waals surface area contributed by atoms with Crippen LogP contribution >= 0.6 is 0 Å². The third-order valence-electron chi connectivity index (χ3n) is 4.02. The number of nitrogens with zero attached hydrogens (tertiary/aromatic N) is 3. The van der Waals surface area contributed by atoms with Crippen molar-refractivity contribution < 1.29 is 19.8 Å². The van der Waals surface area contributed by atoms with Crippen LogP contribution in [0.1, 0.15) is 23.2 Å². The van der Waals surface area contributed by atoms with Gasteiger partial charge in [-0.3, -0.25) is 19.0 Å². The Morgan fingerprint density at radius 1 is 1.12 bits per heavy atom. The van der Waals surface area contributed by atoms with Crippen LogP contribution in [0.2, 0.25) is 0 Å². The molecule has 0 radical (unpaired) electrons. The van der Waals surface area contributed by atoms with Crippen molar-refractivity contribution in [2.24, 2.45) is 7.05 Å². The maximum Gasteiger partial charge on any atom is 0.303 e. The van der Waals surface area contributed by atoms with Gasteiger partial charge < -0.3 is 10.2 Å². The molecule has 0 spiro atoms. The number of carboxylic acid groups (broad SMARTS) is 1. The fraction of sp³-hybridized carbons (Fsp3) is 0.167. The number of aromatic hydroxyl groups is 1. The first-order valence-electron chi connectivity index (χ1n) is 7.80. The van der Waals surface area contributed by atoms with Crippen LogP contribution in [0.4, 0.5) is 0 Å². The lowest BCUT2D eigenvalue weighted by atomic mass is 10.0. The summed E-state index contributed by atoms with van der Waals surface area (Å²) in [4.78, 5) is 35.3. The van der Waals surface area contributed by atoms with Crippen LogP contribution in [0.25, 0.3) is 22.3 Å². The molecule has 2 N–H and O–H groups in total. The summed E-state index contributed by atoms with van der Waals surface area (Å²) in [5.74, 6) is -2.40. The second-order valence-corrected chi connectivity index (χ2v) is 5.74. The standard InChI is InChI=1S/C18H15N3O5/c1-21-17-11(9-12(19-20-17)10-5-3-2-4-6-10)16(25)15(18(21)26)13(22)7-8-14(23)24/h2-6,9,25H,7-8H2,1H3,(H,23,24). The first-order chi connectivity index (χ1) is 12.4. The highest BCUT2D eigenvalue weighted by Crippen LogP contribution is 2.28. The molecule has 8 nitrogen and oxygen atoms in total. The van der Waals surface area contributed by atoms with Crippen LogP contribution in [0, 0.1) is 0 Å². The summed E-state index contributed by atoms with van der Waals surface area (Å²) in [5.41, 5.74) is 0.173. The number of hydrogen-bond acceptors (Lipinski definition) is 6. The average molecular weight is 353 g/mol. The van der Waals surface area contributed by atoms with E-state index in [1.807, 2.05) is 30.3 Å². The Balaban J connectivity index is 2.19. The van der Waals surface area contributed by atoms with Gasteiger partial charge in [0.25, 0.3) is 5.56 Å². The van der Waals surface area contributed by atoms with Crippen LogP contribution in [-0.4, -0.2) is 36.7 Å². The van der Waals surface area contributed by atoms with Gasteiger partial charge in [0.15, 0.2) is 11.4 Å². The zero-order chi connectivity index (χ0) is 18.8. The zero-order valence-electron chi connectivity index (χ0n) is 13.8. The maximum atomic E-state index is 12.4. The van der Waals surface area contributed by atoms with Gasteiger partial charge in [0.05, 0.1) is 17.5 Å². The molecule has 132 valence electrons. The highest BCUT2D eigenvalue weighted by atomic mass is 16.4. The molecule has 8 heteroatoms. The molecular formula is C18H15N3O5. The molecule has 0 atom stereocenters. The van der Waals surface area contributed by atoms with Gasteiger partial charge in [-0.25, -0.2) is 0 Å². The third-order valence-corrected chi connectivity index (χ3v) is 4.02. The maximum absolute atomic E-state index is 12.4. The van der Waals surface area contributed by atoms with E-state index in [0.717, 1.165) is 10.1 Å². The van der Waals surface area contributed by atoms with Crippen LogP contribution in [0.5, 0.6) is 5.75 Å². The lowest BCUT2D eigenvalue weighted by molar-refractivity contribution is -0.136. The molecule has 0 amide bonds. The van der Waals surface area contributed by atoms with E-state index in [2.05, 4.69) is 10.2 Å². The number of pyridine rings is 1. The molecule has 2 aromatic heterocycles. The van der Waals surface area contributed by atoms with Gasteiger partial charge in [0.1, 0.15) is 11.3 Å². The number of benzene rings is 1. The fourth-order valence-electron chi connectivity index (χ4n) is 2.65. The van der Waals surface area contributed by atoms with Crippen molar-refractivity contribution >= 4 is 22.8 Å². The summed E-state index contributed by atoms with van der Waals surface area (Å²) in [6, 6.07) is 10.7. The number of carbonyl (C=O) groups excluding carboxylic acids is 1. The van der Waals surface area contributed by atoms with Crippen LogP contribution in [0.3, 0.4) is 0 Å². The molecule has 0 saturated carbocycles. The second kappa shape index (κ2) is 6.75. The van der Waals surface area contributed by atoms with Crippen molar-refractivity contribution in [1.82, 2.24) is 14.8 Å². The third kappa shape index (κ3) is 3.04. The van der Waals surface area contributed by atoms with Gasteiger partial charge in [-0.05, 0) is 6.07 Å². The molecule has 26 heavy (non-hydrogen) atoms. The van der Waals surface area contributed by atoms with Crippen molar-refractivity contribution in [3.05, 3.63) is 52.3 Å². The number of ketones is 1. The number of rotatable bonds is 5. The normalized spacial score (nSPS) is 10.8. The van der Waals surface area contributed by atoms with E-state index in [9.17, 15) is 19.5 Å². The molecule has 2 heterocycles. The largest absolute Gasteiger partial charge is 0.506 e. The Labute approximate surface area is 147 Å². The summed E-state index contributed by atoms with van der Waals surface area (Å²) >= 11 is 0. The van der Waals surface area contributed by atoms with Gasteiger partial charge in [0, 0.05) is 19.0 Å². The number of hydrogen-bond donors (Lipinski definition) is 2. The van der Waals surface area contributed by atoms with Gasteiger partial charge in [-0.15, -0.1) is 10.2 Å². The SMILES string of the molecule is Cn1c(=O)c(C(=O)CCC(=O)O)c(O)c2cc(-c3ccccc3)nnc21. The highest BCUT2D eigenvalue weighted by molar-refractivity contribution is 6.04. The van der Waals surface area contributed by atoms with Gasteiger partial charge in [0.2, 0.25) is 0 Å². The van der Waals surface area contributed by atoms with E-state index in [4.69, 9.17) is 5.11 Å². The van der Waals surface area contributed by atoms with Crippen molar-refractivity contribution in [2.45, 2.75) is 12.8 Å². The highest BCUT2D eigenvalue weighted by Gasteiger charge is 2.22. The Morgan fingerprint density at radius 3 is 2.46 bits per heavy atom. The van der Waals surface area contributed by atoms with Crippen LogP contribution < -0.4 is 5.56 Å². The minimum absolute atomic E-state index is 0.127. The molecule has 3 rings (SSSR count). The number of Topliss-reactive ketones (excluding diaryl/α,β-unsaturated/α-hetero) is 1. The quantitative estimate of drug-likeness (QED) is 0.670. The molecule has 0 saturated heterocycles. The number of fused-ring (bicyclic) bond motifs is 1. The average Bonchev–Trinajstić information content (AvgIpc) is 2.65. The Hall–Kier alpha value is -3.55. The molecular weight excluding hydrogens is 338 g/mol. The van der Waals surface area contributed by atoms with E-state index in [0.29, 0.717) is 5.69 Å². The molecule has 0 aliphatic heterocycles. The van der Waals surface area contributed by atoms with Crippen molar-refractivity contribution in [2.75, 3.05) is 0 Å². The summed E-state index contributed by atoms with van der Waals surface area (Å²) in [7, 11) is 1.41. The first kappa shape index (κ1) is 17.3. The van der Waals surface area contributed by atoms with Crippen molar-refractivity contribution in [1.29, 1.82) is 0 Å². The minimum atomic E-state index is -1.16. The lowest BCUT2D eigenvalue weighted by Gasteiger charge is -2.11. The van der Waals surface area contributed by atoms with E-state index in [1.54, 1.807) is 6.07 Å². The fourth-order valence-corrected chi connectivity index (χ4v) is 2.65. The Morgan fingerprint density at radius 2 is 1.81 bits per heavy atom. The zero-order valence-corrected chi connectivity index (χ0v) is 13.8. The van der Waals surface area contributed by atoms with E-state index in [1.165, 1.54) is 7.05 Å². The molecule has 0 unspecified atom stereocenters. The summed E-state index contributed by atoms with van der Waals surface area (Å²) < 4.78 is 1.12. The van der Waals surface area contributed by atoms with Crippen LogP contribution in [-0.2, 0) is 11.8 Å². The van der Waals surface area contributed by atoms with Gasteiger partial charge in [-0.2, -0.15) is 0 Å². The molecule has 1 aromatic carbocycles. The predicted octanol–water partition coefficient (Wildman–Crippen LogP) is 1.75. The molecule has 3 aromatic rings. The topological polar surface area (TPSA) is 122 Å². The second-order valence-electron chi connectivity index (χ2n) is 5.74. The molecule has 0 aliphatic rings. The summed E-state index contributed by atoms with van der Waals surface area (Å²) in [5, 5.41) is 27.5. The minimum Gasteiger partial charge on any atom is -0.506 e. The molecule has 0 aliphatic carbocycles. The first-order valence-corrected chi connectivity index (χ1v) is 7.80.